The second-order valence-corrected chi connectivity index (χ2v) is 5.22. The topological polar surface area (TPSA) is 87.9 Å². The van der Waals surface area contributed by atoms with Crippen molar-refractivity contribution in [2.45, 2.75) is 38.0 Å². The Bertz CT molecular complexity index is 507. The summed E-state index contributed by atoms with van der Waals surface area (Å²) in [7, 11) is 2.64. The summed E-state index contributed by atoms with van der Waals surface area (Å²) >= 11 is 0. The third kappa shape index (κ3) is 5.61. The van der Waals surface area contributed by atoms with E-state index in [1.807, 2.05) is 6.07 Å². The second-order valence-electron chi connectivity index (χ2n) is 5.22. The first kappa shape index (κ1) is 19.1. The van der Waals surface area contributed by atoms with Gasteiger partial charge in [-0.3, -0.25) is 14.9 Å². The lowest BCUT2D eigenvalue weighted by molar-refractivity contribution is -0.574. The van der Waals surface area contributed by atoms with Gasteiger partial charge in [0.15, 0.2) is 6.29 Å². The highest BCUT2D eigenvalue weighted by molar-refractivity contribution is 5.70. The molecular weight excluding hydrogens is 302 g/mol. The van der Waals surface area contributed by atoms with Crippen molar-refractivity contribution < 1.29 is 23.9 Å². The van der Waals surface area contributed by atoms with E-state index in [9.17, 15) is 14.9 Å². The number of carbonyl (C=O) groups excluding carboxylic acids is 1. The highest BCUT2D eigenvalue weighted by Crippen LogP contribution is 2.29. The van der Waals surface area contributed by atoms with Gasteiger partial charge in [0.05, 0.1) is 13.5 Å². The van der Waals surface area contributed by atoms with Gasteiger partial charge in [-0.1, -0.05) is 30.3 Å². The summed E-state index contributed by atoms with van der Waals surface area (Å²) in [5.41, 5.74) is -0.788. The molecule has 0 aliphatic rings. The van der Waals surface area contributed by atoms with Crippen molar-refractivity contribution in [3.63, 3.8) is 0 Å². The normalized spacial score (nSPS) is 14.7. The highest BCUT2D eigenvalue weighted by Gasteiger charge is 2.47. The third-order valence-corrected chi connectivity index (χ3v) is 3.63. The first-order valence-corrected chi connectivity index (χ1v) is 7.37. The predicted octanol–water partition coefficient (Wildman–Crippen LogP) is 2.21. The Morgan fingerprint density at radius 3 is 2.43 bits per heavy atom. The molecular formula is C16H23NO6. The maximum Gasteiger partial charge on any atom is 0.312 e. The van der Waals surface area contributed by atoms with Gasteiger partial charge in [-0.25, -0.2) is 0 Å². The summed E-state index contributed by atoms with van der Waals surface area (Å²) in [5, 5.41) is 11.8. The van der Waals surface area contributed by atoms with Crippen molar-refractivity contribution in [1.29, 1.82) is 0 Å². The zero-order valence-corrected chi connectivity index (χ0v) is 13.7. The van der Waals surface area contributed by atoms with Crippen LogP contribution in [0.2, 0.25) is 0 Å². The number of nitro groups is 1. The maximum atomic E-state index is 11.8. The maximum absolute atomic E-state index is 11.8. The molecule has 0 fully saturated rings. The van der Waals surface area contributed by atoms with E-state index in [4.69, 9.17) is 9.47 Å². The first-order chi connectivity index (χ1) is 11.0. The Morgan fingerprint density at radius 2 is 1.96 bits per heavy atom. The standard InChI is InChI=1S/C16H23NO6/c1-4-23-15(22-3)12-16(17(19)20,11-14(18)21-2)10-13-8-6-5-7-9-13/h5-9,15H,4,10-12H2,1-3H3. The van der Waals surface area contributed by atoms with Crippen molar-refractivity contribution in [2.75, 3.05) is 20.8 Å². The molecule has 0 saturated heterocycles. The minimum Gasteiger partial charge on any atom is -0.469 e. The van der Waals surface area contributed by atoms with Crippen LogP contribution >= 0.6 is 0 Å². The smallest absolute Gasteiger partial charge is 0.312 e. The second kappa shape index (κ2) is 9.22. The number of hydrogen-bond acceptors (Lipinski definition) is 6. The number of nitrogens with zero attached hydrogens (tertiary/aromatic N) is 1. The molecule has 1 aromatic carbocycles. The summed E-state index contributed by atoms with van der Waals surface area (Å²) in [6, 6.07) is 9.01. The number of carbonyl (C=O) groups is 1. The molecule has 0 aliphatic carbocycles. The molecule has 0 amide bonds. The Morgan fingerprint density at radius 1 is 1.30 bits per heavy atom. The van der Waals surface area contributed by atoms with Crippen LogP contribution in [0.25, 0.3) is 0 Å². The molecule has 1 rings (SSSR count). The van der Waals surface area contributed by atoms with Gasteiger partial charge >= 0.3 is 5.97 Å². The van der Waals surface area contributed by atoms with E-state index >= 15 is 0 Å². The molecule has 7 heteroatoms. The van der Waals surface area contributed by atoms with E-state index in [-0.39, 0.29) is 19.3 Å². The van der Waals surface area contributed by atoms with Crippen LogP contribution in [-0.2, 0) is 25.4 Å². The van der Waals surface area contributed by atoms with Gasteiger partial charge in [0.2, 0.25) is 5.54 Å². The van der Waals surface area contributed by atoms with E-state index in [0.29, 0.717) is 6.61 Å². The molecule has 128 valence electrons. The summed E-state index contributed by atoms with van der Waals surface area (Å²) in [4.78, 5) is 23.1. The van der Waals surface area contributed by atoms with Crippen LogP contribution < -0.4 is 0 Å². The Balaban J connectivity index is 3.13. The zero-order chi connectivity index (χ0) is 17.3. The number of hydrogen-bond donors (Lipinski definition) is 0. The van der Waals surface area contributed by atoms with Crippen molar-refractivity contribution in [3.8, 4) is 0 Å². The minimum absolute atomic E-state index is 0.0473. The van der Waals surface area contributed by atoms with Gasteiger partial charge < -0.3 is 14.2 Å². The Labute approximate surface area is 135 Å². The number of rotatable bonds is 10. The van der Waals surface area contributed by atoms with E-state index in [0.717, 1.165) is 5.56 Å². The molecule has 0 bridgehead atoms. The van der Waals surface area contributed by atoms with Gasteiger partial charge in [-0.15, -0.1) is 0 Å². The molecule has 0 aliphatic heterocycles. The molecule has 0 heterocycles. The van der Waals surface area contributed by atoms with Gasteiger partial charge in [0.1, 0.15) is 6.42 Å². The van der Waals surface area contributed by atoms with Gasteiger partial charge in [0.25, 0.3) is 0 Å². The van der Waals surface area contributed by atoms with Gasteiger partial charge in [-0.05, 0) is 12.5 Å². The number of esters is 1. The van der Waals surface area contributed by atoms with Crippen LogP contribution in [0, 0.1) is 10.1 Å². The lowest BCUT2D eigenvalue weighted by atomic mass is 9.84. The fourth-order valence-corrected chi connectivity index (χ4v) is 2.43. The largest absolute Gasteiger partial charge is 0.469 e. The van der Waals surface area contributed by atoms with Crippen LogP contribution in [0.5, 0.6) is 0 Å². The number of ether oxygens (including phenoxy) is 3. The van der Waals surface area contributed by atoms with E-state index < -0.39 is 22.7 Å². The van der Waals surface area contributed by atoms with Crippen LogP contribution in [-0.4, -0.2) is 43.5 Å². The van der Waals surface area contributed by atoms with Crippen molar-refractivity contribution in [1.82, 2.24) is 0 Å². The quantitative estimate of drug-likeness (QED) is 0.284. The molecule has 2 unspecified atom stereocenters. The SMILES string of the molecule is CCOC(CC(CC(=O)OC)(Cc1ccccc1)[N+](=O)[O-])OC. The molecule has 0 spiro atoms. The van der Waals surface area contributed by atoms with Crippen LogP contribution in [0.15, 0.2) is 30.3 Å². The average molecular weight is 325 g/mol. The lowest BCUT2D eigenvalue weighted by Gasteiger charge is -2.28. The van der Waals surface area contributed by atoms with E-state index in [1.54, 1.807) is 31.2 Å². The van der Waals surface area contributed by atoms with Crippen molar-refractivity contribution in [3.05, 3.63) is 46.0 Å². The fourth-order valence-electron chi connectivity index (χ4n) is 2.43. The number of methoxy groups -OCH3 is 2. The molecule has 0 N–H and O–H groups in total. The molecule has 2 atom stereocenters. The Hall–Kier alpha value is -1.99. The molecule has 0 saturated carbocycles. The predicted molar refractivity (Wildman–Crippen MR) is 83.5 cm³/mol. The summed E-state index contributed by atoms with van der Waals surface area (Å²) in [6.07, 6.45) is -1.08. The average Bonchev–Trinajstić information content (AvgIpc) is 2.54. The number of benzene rings is 1. The van der Waals surface area contributed by atoms with Crippen LogP contribution in [0.1, 0.15) is 25.3 Å². The molecule has 0 radical (unpaired) electrons. The van der Waals surface area contributed by atoms with Gasteiger partial charge in [-0.2, -0.15) is 0 Å². The van der Waals surface area contributed by atoms with Crippen molar-refractivity contribution >= 4 is 5.97 Å². The molecule has 7 nitrogen and oxygen atoms in total. The van der Waals surface area contributed by atoms with Crippen LogP contribution in [0.3, 0.4) is 0 Å². The molecule has 1 aromatic rings. The highest BCUT2D eigenvalue weighted by atomic mass is 16.7. The summed E-state index contributed by atoms with van der Waals surface area (Å²) < 4.78 is 15.2. The zero-order valence-electron chi connectivity index (χ0n) is 13.7. The van der Waals surface area contributed by atoms with Crippen molar-refractivity contribution in [2.24, 2.45) is 0 Å². The molecule has 0 aromatic heterocycles. The first-order valence-electron chi connectivity index (χ1n) is 7.37. The third-order valence-electron chi connectivity index (χ3n) is 3.63. The summed E-state index contributed by atoms with van der Waals surface area (Å²) in [5.74, 6) is -0.635. The Kier molecular flexibility index (Phi) is 7.64. The molecule has 23 heavy (non-hydrogen) atoms. The van der Waals surface area contributed by atoms with Crippen LogP contribution in [0.4, 0.5) is 0 Å². The van der Waals surface area contributed by atoms with E-state index in [2.05, 4.69) is 4.74 Å². The minimum atomic E-state index is -1.55. The van der Waals surface area contributed by atoms with E-state index in [1.165, 1.54) is 14.2 Å². The summed E-state index contributed by atoms with van der Waals surface area (Å²) in [6.45, 7) is 2.13. The fraction of sp³-hybridized carbons (Fsp3) is 0.562. The van der Waals surface area contributed by atoms with Gasteiger partial charge in [0, 0.05) is 25.1 Å². The lowest BCUT2D eigenvalue weighted by Crippen LogP contribution is -2.46. The monoisotopic (exact) mass is 325 g/mol.